The van der Waals surface area contributed by atoms with E-state index in [1.54, 1.807) is 0 Å². The van der Waals surface area contributed by atoms with E-state index in [0.29, 0.717) is 23.5 Å². The zero-order chi connectivity index (χ0) is 20.2. The minimum absolute atomic E-state index is 0.0101. The summed E-state index contributed by atoms with van der Waals surface area (Å²) in [7, 11) is 0. The molecular weight excluding hydrogens is 382 g/mol. The second kappa shape index (κ2) is 9.08. The molecule has 0 aliphatic heterocycles. The molecule has 0 bridgehead atoms. The molecule has 154 valence electrons. The van der Waals surface area contributed by atoms with Gasteiger partial charge in [-0.1, -0.05) is 49.6 Å². The maximum absolute atomic E-state index is 13.3. The van der Waals surface area contributed by atoms with Gasteiger partial charge in [0.1, 0.15) is 0 Å². The van der Waals surface area contributed by atoms with Crippen LogP contribution in [0.3, 0.4) is 0 Å². The maximum Gasteiger partial charge on any atom is 0.245 e. The van der Waals surface area contributed by atoms with Crippen LogP contribution in [0.5, 0.6) is 0 Å². The van der Waals surface area contributed by atoms with Crippen LogP contribution in [-0.4, -0.2) is 34.8 Å². The lowest BCUT2D eigenvalue weighted by atomic mass is 9.89. The van der Waals surface area contributed by atoms with Gasteiger partial charge in [0.25, 0.3) is 0 Å². The van der Waals surface area contributed by atoms with Crippen molar-refractivity contribution in [3.05, 3.63) is 47.0 Å². The molecule has 2 aliphatic carbocycles. The third-order valence-corrected chi connectivity index (χ3v) is 6.93. The van der Waals surface area contributed by atoms with Crippen molar-refractivity contribution in [3.8, 4) is 0 Å². The number of hydrogen-bond acceptors (Lipinski definition) is 4. The van der Waals surface area contributed by atoms with Crippen LogP contribution in [0.4, 0.5) is 5.13 Å². The van der Waals surface area contributed by atoms with E-state index in [-0.39, 0.29) is 24.3 Å². The number of amides is 2. The molecule has 2 atom stereocenters. The summed E-state index contributed by atoms with van der Waals surface area (Å²) in [6.07, 6.45) is 6.94. The summed E-state index contributed by atoms with van der Waals surface area (Å²) in [5.74, 6) is 0.796. The normalized spacial score (nSPS) is 21.6. The highest BCUT2D eigenvalue weighted by Crippen LogP contribution is 2.48. The number of aromatic nitrogens is 1. The number of carbonyl (C=O) groups is 2. The van der Waals surface area contributed by atoms with Gasteiger partial charge in [-0.05, 0) is 43.6 Å². The number of nitrogens with zero attached hydrogens (tertiary/aromatic N) is 2. The van der Waals surface area contributed by atoms with Crippen molar-refractivity contribution >= 4 is 28.3 Å². The monoisotopic (exact) mass is 411 g/mol. The summed E-state index contributed by atoms with van der Waals surface area (Å²) < 4.78 is 0. The average molecular weight is 412 g/mol. The third kappa shape index (κ3) is 5.24. The van der Waals surface area contributed by atoms with Gasteiger partial charge in [-0.25, -0.2) is 4.98 Å². The van der Waals surface area contributed by atoms with Gasteiger partial charge in [-0.15, -0.1) is 11.3 Å². The van der Waals surface area contributed by atoms with Crippen LogP contribution in [0.25, 0.3) is 0 Å². The first-order valence-corrected chi connectivity index (χ1v) is 11.5. The van der Waals surface area contributed by atoms with Crippen LogP contribution >= 0.6 is 11.3 Å². The first kappa shape index (κ1) is 20.1. The van der Waals surface area contributed by atoms with Gasteiger partial charge in [-0.2, -0.15) is 0 Å². The van der Waals surface area contributed by atoms with E-state index in [1.165, 1.54) is 36.2 Å². The second-order valence-electron chi connectivity index (χ2n) is 8.42. The SMILES string of the molecule is Cc1csc(NC(=O)CN(CC2CCCCC2)C(=O)[C@H]2C[C@H]2c2ccccc2)n1. The summed E-state index contributed by atoms with van der Waals surface area (Å²) in [5, 5.41) is 5.38. The Balaban J connectivity index is 1.41. The Labute approximate surface area is 176 Å². The number of anilines is 1. The molecule has 0 saturated heterocycles. The second-order valence-corrected chi connectivity index (χ2v) is 9.28. The Morgan fingerprint density at radius 3 is 2.62 bits per heavy atom. The molecule has 0 spiro atoms. The number of aryl methyl sites for hydroxylation is 1. The van der Waals surface area contributed by atoms with Crippen LogP contribution in [-0.2, 0) is 9.59 Å². The van der Waals surface area contributed by atoms with Gasteiger partial charge >= 0.3 is 0 Å². The van der Waals surface area contributed by atoms with Crippen molar-refractivity contribution in [1.82, 2.24) is 9.88 Å². The maximum atomic E-state index is 13.3. The Bertz CT molecular complexity index is 845. The molecule has 0 radical (unpaired) electrons. The highest BCUT2D eigenvalue weighted by molar-refractivity contribution is 7.13. The highest BCUT2D eigenvalue weighted by atomic mass is 32.1. The van der Waals surface area contributed by atoms with Crippen molar-refractivity contribution in [2.24, 2.45) is 11.8 Å². The minimum Gasteiger partial charge on any atom is -0.333 e. The molecule has 5 nitrogen and oxygen atoms in total. The van der Waals surface area contributed by atoms with Gasteiger partial charge in [0.2, 0.25) is 11.8 Å². The molecule has 2 aliphatic rings. The van der Waals surface area contributed by atoms with Crippen LogP contribution in [0.15, 0.2) is 35.7 Å². The van der Waals surface area contributed by atoms with Crippen LogP contribution in [0, 0.1) is 18.8 Å². The molecule has 1 N–H and O–H groups in total. The quantitative estimate of drug-likeness (QED) is 0.724. The first-order valence-electron chi connectivity index (χ1n) is 10.7. The molecule has 1 aromatic carbocycles. The fraction of sp³-hybridized carbons (Fsp3) is 0.522. The topological polar surface area (TPSA) is 62.3 Å². The van der Waals surface area contributed by atoms with E-state index < -0.39 is 0 Å². The van der Waals surface area contributed by atoms with Gasteiger partial charge in [-0.3, -0.25) is 9.59 Å². The molecular formula is C23H29N3O2S. The van der Waals surface area contributed by atoms with E-state index in [2.05, 4.69) is 22.4 Å². The predicted molar refractivity (Wildman–Crippen MR) is 116 cm³/mol. The van der Waals surface area contributed by atoms with Gasteiger partial charge in [0.05, 0.1) is 12.2 Å². The number of benzene rings is 1. The molecule has 2 fully saturated rings. The van der Waals surface area contributed by atoms with Gasteiger partial charge < -0.3 is 10.2 Å². The molecule has 0 unspecified atom stereocenters. The molecule has 1 aromatic heterocycles. The predicted octanol–water partition coefficient (Wildman–Crippen LogP) is 4.60. The number of hydrogen-bond donors (Lipinski definition) is 1. The Hall–Kier alpha value is -2.21. The smallest absolute Gasteiger partial charge is 0.245 e. The molecule has 2 amide bonds. The summed E-state index contributed by atoms with van der Waals surface area (Å²) in [4.78, 5) is 32.0. The van der Waals surface area contributed by atoms with Gasteiger partial charge in [0, 0.05) is 17.8 Å². The number of carbonyl (C=O) groups excluding carboxylic acids is 2. The number of rotatable bonds is 7. The first-order chi connectivity index (χ1) is 14.1. The van der Waals surface area contributed by atoms with Gasteiger partial charge in [0.15, 0.2) is 5.13 Å². The lowest BCUT2D eigenvalue weighted by Crippen LogP contribution is -2.42. The molecule has 4 rings (SSSR count). The molecule has 6 heteroatoms. The molecule has 2 saturated carbocycles. The van der Waals surface area contributed by atoms with E-state index in [9.17, 15) is 9.59 Å². The lowest BCUT2D eigenvalue weighted by molar-refractivity contribution is -0.136. The third-order valence-electron chi connectivity index (χ3n) is 6.05. The van der Waals surface area contributed by atoms with Crippen LogP contribution in [0.2, 0.25) is 0 Å². The van der Waals surface area contributed by atoms with E-state index >= 15 is 0 Å². The van der Waals surface area contributed by atoms with Crippen LogP contribution in [0.1, 0.15) is 55.7 Å². The summed E-state index contributed by atoms with van der Waals surface area (Å²) >= 11 is 1.42. The summed E-state index contributed by atoms with van der Waals surface area (Å²) in [6.45, 7) is 2.72. The number of thiazole rings is 1. The standard InChI is InChI=1S/C23H29N3O2S/c1-16-15-29-23(24-16)25-21(27)14-26(13-17-8-4-2-5-9-17)22(28)20-12-19(20)18-10-6-3-7-11-18/h3,6-7,10-11,15,17,19-20H,2,4-5,8-9,12-14H2,1H3,(H,24,25,27)/t19-,20-/m0/s1. The fourth-order valence-electron chi connectivity index (χ4n) is 4.43. The van der Waals surface area contributed by atoms with Crippen molar-refractivity contribution in [2.45, 2.75) is 51.4 Å². The number of nitrogens with one attached hydrogen (secondary N) is 1. The van der Waals surface area contributed by atoms with E-state index in [1.807, 2.05) is 35.4 Å². The average Bonchev–Trinajstić information content (AvgIpc) is 3.44. The van der Waals surface area contributed by atoms with Crippen molar-refractivity contribution in [2.75, 3.05) is 18.4 Å². The zero-order valence-corrected chi connectivity index (χ0v) is 17.8. The highest BCUT2D eigenvalue weighted by Gasteiger charge is 2.46. The zero-order valence-electron chi connectivity index (χ0n) is 17.0. The van der Waals surface area contributed by atoms with Crippen LogP contribution < -0.4 is 5.32 Å². The van der Waals surface area contributed by atoms with Crippen molar-refractivity contribution in [3.63, 3.8) is 0 Å². The minimum atomic E-state index is -0.152. The fourth-order valence-corrected chi connectivity index (χ4v) is 5.13. The molecule has 2 aromatic rings. The summed E-state index contributed by atoms with van der Waals surface area (Å²) in [6, 6.07) is 10.3. The molecule has 1 heterocycles. The Kier molecular flexibility index (Phi) is 6.28. The van der Waals surface area contributed by atoms with E-state index in [4.69, 9.17) is 0 Å². The lowest BCUT2D eigenvalue weighted by Gasteiger charge is -2.29. The Morgan fingerprint density at radius 2 is 1.93 bits per heavy atom. The Morgan fingerprint density at radius 1 is 1.17 bits per heavy atom. The largest absolute Gasteiger partial charge is 0.333 e. The van der Waals surface area contributed by atoms with Crippen molar-refractivity contribution in [1.29, 1.82) is 0 Å². The molecule has 29 heavy (non-hydrogen) atoms. The van der Waals surface area contributed by atoms with E-state index in [0.717, 1.165) is 25.0 Å². The van der Waals surface area contributed by atoms with Crippen molar-refractivity contribution < 1.29 is 9.59 Å². The summed E-state index contributed by atoms with van der Waals surface area (Å²) in [5.41, 5.74) is 2.12.